The second-order valence-electron chi connectivity index (χ2n) is 3.04. The maximum absolute atomic E-state index is 5.58. The van der Waals surface area contributed by atoms with E-state index in [9.17, 15) is 0 Å². The van der Waals surface area contributed by atoms with Gasteiger partial charge in [0, 0.05) is 11.6 Å². The fraction of sp³-hybridized carbons (Fsp3) is 0.400. The monoisotopic (exact) mass is 149 g/mol. The summed E-state index contributed by atoms with van der Waals surface area (Å²) in [4.78, 5) is 0. The molecule has 1 aliphatic rings. The highest BCUT2D eigenvalue weighted by molar-refractivity contribution is 5.12. The summed E-state index contributed by atoms with van der Waals surface area (Å²) >= 11 is 0. The van der Waals surface area contributed by atoms with Crippen LogP contribution in [0.25, 0.3) is 0 Å². The van der Waals surface area contributed by atoms with Crippen molar-refractivity contribution < 1.29 is 0 Å². The minimum absolute atomic E-state index is 0.395. The molecule has 0 aromatic carbocycles. The summed E-state index contributed by atoms with van der Waals surface area (Å²) in [6.45, 7) is 7.48. The van der Waals surface area contributed by atoms with E-state index in [0.29, 0.717) is 11.8 Å². The molecule has 0 heterocycles. The molecular weight excluding hydrogens is 134 g/mol. The smallest absolute Gasteiger partial charge is 0.0159 e. The zero-order valence-electron chi connectivity index (χ0n) is 6.79. The lowest BCUT2D eigenvalue weighted by Gasteiger charge is -2.20. The Balaban J connectivity index is 2.55. The van der Waals surface area contributed by atoms with Gasteiger partial charge in [-0.2, -0.15) is 0 Å². The first-order valence-electron chi connectivity index (χ1n) is 3.99. The van der Waals surface area contributed by atoms with Gasteiger partial charge in [-0.3, -0.25) is 0 Å². The van der Waals surface area contributed by atoms with Crippen molar-refractivity contribution in [3.8, 4) is 0 Å². The van der Waals surface area contributed by atoms with Crippen LogP contribution in [-0.2, 0) is 0 Å². The first-order valence-corrected chi connectivity index (χ1v) is 3.99. The summed E-state index contributed by atoms with van der Waals surface area (Å²) in [5.41, 5.74) is 6.36. The van der Waals surface area contributed by atoms with Crippen LogP contribution in [0.2, 0.25) is 0 Å². The molecule has 1 rings (SSSR count). The van der Waals surface area contributed by atoms with E-state index in [2.05, 4.69) is 25.3 Å². The largest absolute Gasteiger partial charge is 0.402 e. The van der Waals surface area contributed by atoms with Gasteiger partial charge in [0.15, 0.2) is 0 Å². The normalized spacial score (nSPS) is 29.8. The average molecular weight is 149 g/mol. The zero-order valence-corrected chi connectivity index (χ0v) is 6.79. The van der Waals surface area contributed by atoms with Crippen molar-refractivity contribution in [1.29, 1.82) is 0 Å². The van der Waals surface area contributed by atoms with E-state index in [1.807, 2.05) is 6.08 Å². The van der Waals surface area contributed by atoms with Gasteiger partial charge in [-0.1, -0.05) is 24.8 Å². The Morgan fingerprint density at radius 3 is 2.55 bits per heavy atom. The number of rotatable bonds is 2. The Bertz CT molecular complexity index is 191. The topological polar surface area (TPSA) is 26.0 Å². The highest BCUT2D eigenvalue weighted by Crippen LogP contribution is 2.24. The molecule has 11 heavy (non-hydrogen) atoms. The second kappa shape index (κ2) is 3.42. The summed E-state index contributed by atoms with van der Waals surface area (Å²) in [6.07, 6.45) is 8.55. The van der Waals surface area contributed by atoms with Crippen molar-refractivity contribution in [2.75, 3.05) is 0 Å². The van der Waals surface area contributed by atoms with Gasteiger partial charge in [-0.25, -0.2) is 0 Å². The van der Waals surface area contributed by atoms with Crippen molar-refractivity contribution >= 4 is 0 Å². The maximum Gasteiger partial charge on any atom is 0.0159 e. The Labute approximate surface area is 68.3 Å². The van der Waals surface area contributed by atoms with Crippen LogP contribution in [0.15, 0.2) is 37.1 Å². The maximum atomic E-state index is 5.58. The summed E-state index contributed by atoms with van der Waals surface area (Å²) in [6, 6.07) is 0. The molecule has 0 radical (unpaired) electrons. The van der Waals surface area contributed by atoms with Gasteiger partial charge in [0.2, 0.25) is 0 Å². The third-order valence-electron chi connectivity index (χ3n) is 2.18. The summed E-state index contributed by atoms with van der Waals surface area (Å²) in [7, 11) is 0. The lowest BCUT2D eigenvalue weighted by Crippen LogP contribution is -2.13. The van der Waals surface area contributed by atoms with Crippen LogP contribution < -0.4 is 5.73 Å². The SMILES string of the molecule is C=CC1C=CC(C(=C)N)CC1. The van der Waals surface area contributed by atoms with Crippen molar-refractivity contribution in [3.05, 3.63) is 37.1 Å². The highest BCUT2D eigenvalue weighted by atomic mass is 14.6. The van der Waals surface area contributed by atoms with E-state index < -0.39 is 0 Å². The molecule has 0 aliphatic heterocycles. The van der Waals surface area contributed by atoms with Gasteiger partial charge in [-0.05, 0) is 18.8 Å². The fourth-order valence-electron chi connectivity index (χ4n) is 1.35. The fourth-order valence-corrected chi connectivity index (χ4v) is 1.35. The van der Waals surface area contributed by atoms with Crippen molar-refractivity contribution in [2.24, 2.45) is 17.6 Å². The lowest BCUT2D eigenvalue weighted by atomic mass is 9.87. The third-order valence-corrected chi connectivity index (χ3v) is 2.18. The molecule has 0 aromatic rings. The molecule has 0 amide bonds. The van der Waals surface area contributed by atoms with Crippen LogP contribution >= 0.6 is 0 Å². The first-order chi connectivity index (χ1) is 5.24. The van der Waals surface area contributed by atoms with Gasteiger partial charge in [0.05, 0.1) is 0 Å². The molecule has 60 valence electrons. The molecule has 2 unspecified atom stereocenters. The van der Waals surface area contributed by atoms with E-state index in [1.165, 1.54) is 0 Å². The van der Waals surface area contributed by atoms with Gasteiger partial charge >= 0.3 is 0 Å². The van der Waals surface area contributed by atoms with Gasteiger partial charge in [0.25, 0.3) is 0 Å². The average Bonchev–Trinajstić information content (AvgIpc) is 2.05. The zero-order chi connectivity index (χ0) is 8.27. The minimum Gasteiger partial charge on any atom is -0.402 e. The molecule has 2 atom stereocenters. The molecule has 2 N–H and O–H groups in total. The summed E-state index contributed by atoms with van der Waals surface area (Å²) in [5.74, 6) is 0.941. The number of nitrogens with two attached hydrogens (primary N) is 1. The molecule has 0 aromatic heterocycles. The predicted molar refractivity (Wildman–Crippen MR) is 48.9 cm³/mol. The number of allylic oxidation sites excluding steroid dienone is 3. The molecular formula is C10H15N. The molecule has 1 nitrogen and oxygen atoms in total. The standard InChI is InChI=1S/C10H15N/c1-3-9-4-6-10(7-5-9)8(2)11/h3-4,6,9-10H,1-2,5,7,11H2. The van der Waals surface area contributed by atoms with Crippen LogP contribution in [0.1, 0.15) is 12.8 Å². The molecule has 0 saturated carbocycles. The van der Waals surface area contributed by atoms with Gasteiger partial charge in [-0.15, -0.1) is 6.58 Å². The lowest BCUT2D eigenvalue weighted by molar-refractivity contribution is 0.544. The summed E-state index contributed by atoms with van der Waals surface area (Å²) in [5, 5.41) is 0. The van der Waals surface area contributed by atoms with E-state index >= 15 is 0 Å². The van der Waals surface area contributed by atoms with Crippen molar-refractivity contribution in [1.82, 2.24) is 0 Å². The van der Waals surface area contributed by atoms with Crippen LogP contribution in [0, 0.1) is 11.8 Å². The Hall–Kier alpha value is -0.980. The third kappa shape index (κ3) is 1.97. The van der Waals surface area contributed by atoms with Crippen molar-refractivity contribution in [3.63, 3.8) is 0 Å². The van der Waals surface area contributed by atoms with E-state index in [4.69, 9.17) is 5.73 Å². The quantitative estimate of drug-likeness (QED) is 0.599. The van der Waals surface area contributed by atoms with E-state index in [1.54, 1.807) is 0 Å². The van der Waals surface area contributed by atoms with Crippen LogP contribution in [0.5, 0.6) is 0 Å². The molecule has 0 spiro atoms. The van der Waals surface area contributed by atoms with Crippen LogP contribution in [0.3, 0.4) is 0 Å². The Kier molecular flexibility index (Phi) is 2.53. The van der Waals surface area contributed by atoms with E-state index in [0.717, 1.165) is 18.5 Å². The molecule has 0 saturated heterocycles. The molecule has 1 heteroatoms. The first kappa shape index (κ1) is 8.12. The van der Waals surface area contributed by atoms with Crippen LogP contribution in [-0.4, -0.2) is 0 Å². The molecule has 0 bridgehead atoms. The second-order valence-corrected chi connectivity index (χ2v) is 3.04. The van der Waals surface area contributed by atoms with Gasteiger partial charge in [0.1, 0.15) is 0 Å². The summed E-state index contributed by atoms with van der Waals surface area (Å²) < 4.78 is 0. The number of hydrogen-bond acceptors (Lipinski definition) is 1. The Morgan fingerprint density at radius 1 is 1.45 bits per heavy atom. The predicted octanol–water partition coefficient (Wildman–Crippen LogP) is 2.23. The Morgan fingerprint density at radius 2 is 2.18 bits per heavy atom. The molecule has 0 fully saturated rings. The number of hydrogen-bond donors (Lipinski definition) is 1. The molecule has 1 aliphatic carbocycles. The van der Waals surface area contributed by atoms with Crippen molar-refractivity contribution in [2.45, 2.75) is 12.8 Å². The highest BCUT2D eigenvalue weighted by Gasteiger charge is 2.13. The van der Waals surface area contributed by atoms with Crippen LogP contribution in [0.4, 0.5) is 0 Å². The minimum atomic E-state index is 0.395. The van der Waals surface area contributed by atoms with E-state index in [-0.39, 0.29) is 0 Å². The van der Waals surface area contributed by atoms with Gasteiger partial charge < -0.3 is 5.73 Å².